The fraction of sp³-hybridized carbons (Fsp3) is 0.300. The Morgan fingerprint density at radius 1 is 1.32 bits per heavy atom. The molecule has 3 heterocycles. The lowest BCUT2D eigenvalue weighted by atomic mass is 9.81. The number of aryl methyl sites for hydroxylation is 1. The summed E-state index contributed by atoms with van der Waals surface area (Å²) in [6.07, 6.45) is 3.08. The number of nitrogens with one attached hydrogen (secondary N) is 2. The summed E-state index contributed by atoms with van der Waals surface area (Å²) in [5.41, 5.74) is 2.06. The minimum absolute atomic E-state index is 0.138. The molecule has 0 bridgehead atoms. The van der Waals surface area contributed by atoms with E-state index in [-0.39, 0.29) is 11.7 Å². The summed E-state index contributed by atoms with van der Waals surface area (Å²) in [4.78, 5) is 13.7. The summed E-state index contributed by atoms with van der Waals surface area (Å²) >= 11 is 7.59. The molecule has 1 aliphatic rings. The average molecular weight is 419 g/mol. The molecule has 1 aromatic carbocycles. The zero-order valence-electron chi connectivity index (χ0n) is 15.3. The van der Waals surface area contributed by atoms with E-state index in [1.165, 1.54) is 23.5 Å². The smallest absolute Gasteiger partial charge is 0.262 e. The number of hydrogen-bond acceptors (Lipinski definition) is 4. The molecule has 0 saturated carbocycles. The maximum absolute atomic E-state index is 13.4. The van der Waals surface area contributed by atoms with E-state index in [4.69, 9.17) is 11.6 Å². The van der Waals surface area contributed by atoms with Crippen LogP contribution < -0.4 is 10.6 Å². The topological polar surface area (TPSA) is 59.0 Å². The molecule has 28 heavy (non-hydrogen) atoms. The van der Waals surface area contributed by atoms with Crippen molar-refractivity contribution < 1.29 is 9.18 Å². The number of thiophene rings is 1. The zero-order chi connectivity index (χ0) is 19.7. The first-order valence-corrected chi connectivity index (χ1v) is 10.3. The number of amides is 1. The number of nitrogens with zero attached hydrogens (tertiary/aromatic N) is 2. The third-order valence-corrected chi connectivity index (χ3v) is 6.40. The highest BCUT2D eigenvalue weighted by Gasteiger charge is 2.36. The second kappa shape index (κ2) is 7.66. The van der Waals surface area contributed by atoms with Gasteiger partial charge in [-0.1, -0.05) is 23.7 Å². The van der Waals surface area contributed by atoms with E-state index in [0.717, 1.165) is 42.8 Å². The van der Waals surface area contributed by atoms with Gasteiger partial charge in [0.15, 0.2) is 0 Å². The van der Waals surface area contributed by atoms with Crippen LogP contribution in [0.15, 0.2) is 41.9 Å². The van der Waals surface area contributed by atoms with Crippen molar-refractivity contribution in [3.8, 4) is 11.3 Å². The van der Waals surface area contributed by atoms with E-state index in [1.807, 2.05) is 18.5 Å². The van der Waals surface area contributed by atoms with Gasteiger partial charge in [0.1, 0.15) is 5.82 Å². The minimum Gasteiger partial charge on any atom is -0.342 e. The molecule has 146 valence electrons. The van der Waals surface area contributed by atoms with Gasteiger partial charge in [0.05, 0.1) is 27.3 Å². The van der Waals surface area contributed by atoms with Gasteiger partial charge in [0.25, 0.3) is 5.91 Å². The number of aromatic nitrogens is 2. The molecule has 1 fully saturated rings. The molecule has 5 nitrogen and oxygen atoms in total. The Morgan fingerprint density at radius 2 is 2.04 bits per heavy atom. The van der Waals surface area contributed by atoms with Crippen molar-refractivity contribution in [2.24, 2.45) is 7.05 Å². The summed E-state index contributed by atoms with van der Waals surface area (Å²) in [5.74, 6) is -0.420. The summed E-state index contributed by atoms with van der Waals surface area (Å²) in [6.45, 7) is 1.58. The highest BCUT2D eigenvalue weighted by molar-refractivity contribution is 7.12. The normalized spacial score (nSPS) is 16.1. The third-order valence-electron chi connectivity index (χ3n) is 5.20. The molecule has 0 aliphatic carbocycles. The molecular formula is C20H20ClFN4OS. The van der Waals surface area contributed by atoms with Crippen LogP contribution in [0.5, 0.6) is 0 Å². The van der Waals surface area contributed by atoms with Gasteiger partial charge >= 0.3 is 0 Å². The number of rotatable bonds is 4. The Balaban J connectivity index is 1.61. The highest BCUT2D eigenvalue weighted by Crippen LogP contribution is 2.34. The summed E-state index contributed by atoms with van der Waals surface area (Å²) in [6, 6.07) is 8.24. The van der Waals surface area contributed by atoms with E-state index in [9.17, 15) is 9.18 Å². The number of carbonyl (C=O) groups is 1. The second-order valence-electron chi connectivity index (χ2n) is 6.96. The van der Waals surface area contributed by atoms with Gasteiger partial charge < -0.3 is 10.6 Å². The molecular weight excluding hydrogens is 399 g/mol. The molecule has 0 atom stereocenters. The van der Waals surface area contributed by atoms with Crippen molar-refractivity contribution in [2.75, 3.05) is 13.1 Å². The van der Waals surface area contributed by atoms with Crippen molar-refractivity contribution in [2.45, 2.75) is 18.4 Å². The van der Waals surface area contributed by atoms with Crippen molar-refractivity contribution in [3.05, 3.63) is 63.2 Å². The Hall–Kier alpha value is -2.22. The maximum atomic E-state index is 13.4. The fourth-order valence-corrected chi connectivity index (χ4v) is 4.76. The third kappa shape index (κ3) is 3.57. The Kier molecular flexibility index (Phi) is 5.23. The van der Waals surface area contributed by atoms with Gasteiger partial charge in [-0.15, -0.1) is 11.3 Å². The van der Waals surface area contributed by atoms with Crippen LogP contribution in [0.3, 0.4) is 0 Å². The Bertz CT molecular complexity index is 973. The first kappa shape index (κ1) is 19.1. The molecule has 0 unspecified atom stereocenters. The molecule has 3 aromatic rings. The van der Waals surface area contributed by atoms with Crippen molar-refractivity contribution in [1.29, 1.82) is 0 Å². The van der Waals surface area contributed by atoms with Crippen LogP contribution in [0.2, 0.25) is 5.02 Å². The Morgan fingerprint density at radius 3 is 2.68 bits per heavy atom. The standard InChI is InChI=1S/C20H20ClFN4OS/c1-26-18(16(21)11-24-26)13-10-17(28-12-13)19(27)25-20(6-8-23-9-7-20)14-2-4-15(22)5-3-14/h2-5,10-12,23H,6-9H2,1H3,(H,25,27). The average Bonchev–Trinajstić information content (AvgIpc) is 3.29. The van der Waals surface area contributed by atoms with Gasteiger partial charge in [-0.05, 0) is 49.7 Å². The first-order chi connectivity index (χ1) is 13.5. The van der Waals surface area contributed by atoms with Crippen LogP contribution in [0.4, 0.5) is 4.39 Å². The van der Waals surface area contributed by atoms with Crippen LogP contribution in [-0.4, -0.2) is 28.8 Å². The van der Waals surface area contributed by atoms with Crippen LogP contribution in [0.1, 0.15) is 28.1 Å². The quantitative estimate of drug-likeness (QED) is 0.674. The van der Waals surface area contributed by atoms with E-state index >= 15 is 0 Å². The summed E-state index contributed by atoms with van der Waals surface area (Å²) in [5, 5.41) is 13.2. The predicted molar refractivity (Wildman–Crippen MR) is 109 cm³/mol. The van der Waals surface area contributed by atoms with Crippen LogP contribution in [-0.2, 0) is 12.6 Å². The van der Waals surface area contributed by atoms with Gasteiger partial charge in [-0.3, -0.25) is 9.48 Å². The van der Waals surface area contributed by atoms with E-state index < -0.39 is 5.54 Å². The van der Waals surface area contributed by atoms with E-state index in [1.54, 1.807) is 23.0 Å². The van der Waals surface area contributed by atoms with Gasteiger partial charge in [0, 0.05) is 18.0 Å². The number of benzene rings is 1. The van der Waals surface area contributed by atoms with Crippen LogP contribution >= 0.6 is 22.9 Å². The maximum Gasteiger partial charge on any atom is 0.262 e. The SMILES string of the molecule is Cn1ncc(Cl)c1-c1csc(C(=O)NC2(c3ccc(F)cc3)CCNCC2)c1. The van der Waals surface area contributed by atoms with Crippen molar-refractivity contribution in [3.63, 3.8) is 0 Å². The zero-order valence-corrected chi connectivity index (χ0v) is 16.9. The lowest BCUT2D eigenvalue weighted by Crippen LogP contribution is -2.52. The number of halogens is 2. The predicted octanol–water partition coefficient (Wildman–Crippen LogP) is 3.95. The van der Waals surface area contributed by atoms with Gasteiger partial charge in [0.2, 0.25) is 0 Å². The second-order valence-corrected chi connectivity index (χ2v) is 8.28. The number of carbonyl (C=O) groups excluding carboxylic acids is 1. The largest absolute Gasteiger partial charge is 0.342 e. The monoisotopic (exact) mass is 418 g/mol. The number of hydrogen-bond donors (Lipinski definition) is 2. The molecule has 2 N–H and O–H groups in total. The molecule has 0 radical (unpaired) electrons. The lowest BCUT2D eigenvalue weighted by Gasteiger charge is -2.39. The van der Waals surface area contributed by atoms with Gasteiger partial charge in [-0.2, -0.15) is 5.10 Å². The molecule has 1 aliphatic heterocycles. The molecule has 2 aromatic heterocycles. The van der Waals surface area contributed by atoms with Crippen molar-refractivity contribution in [1.82, 2.24) is 20.4 Å². The molecule has 8 heteroatoms. The van der Waals surface area contributed by atoms with Gasteiger partial charge in [-0.25, -0.2) is 4.39 Å². The number of piperidine rings is 1. The van der Waals surface area contributed by atoms with Crippen LogP contribution in [0, 0.1) is 5.82 Å². The fourth-order valence-electron chi connectivity index (χ4n) is 3.70. The Labute approximate surface area is 171 Å². The first-order valence-electron chi connectivity index (χ1n) is 9.04. The van der Waals surface area contributed by atoms with E-state index in [2.05, 4.69) is 15.7 Å². The molecule has 4 rings (SSSR count). The minimum atomic E-state index is -0.510. The lowest BCUT2D eigenvalue weighted by molar-refractivity contribution is 0.0876. The molecule has 1 amide bonds. The summed E-state index contributed by atoms with van der Waals surface area (Å²) < 4.78 is 15.1. The molecule has 0 spiro atoms. The molecule has 1 saturated heterocycles. The van der Waals surface area contributed by atoms with E-state index in [0.29, 0.717) is 9.90 Å². The van der Waals surface area contributed by atoms with Crippen molar-refractivity contribution >= 4 is 28.8 Å². The highest BCUT2D eigenvalue weighted by atomic mass is 35.5. The summed E-state index contributed by atoms with van der Waals surface area (Å²) in [7, 11) is 1.82. The van der Waals surface area contributed by atoms with Crippen LogP contribution in [0.25, 0.3) is 11.3 Å².